The van der Waals surface area contributed by atoms with Gasteiger partial charge in [0, 0.05) is 5.75 Å². The second-order valence-corrected chi connectivity index (χ2v) is 4.62. The van der Waals surface area contributed by atoms with Crippen LogP contribution in [0.4, 0.5) is 0 Å². The summed E-state index contributed by atoms with van der Waals surface area (Å²) in [6.07, 6.45) is 1.66. The Morgan fingerprint density at radius 1 is 1.53 bits per heavy atom. The van der Waals surface area contributed by atoms with E-state index in [0.717, 1.165) is 0 Å². The fourth-order valence-corrected chi connectivity index (χ4v) is 1.95. The summed E-state index contributed by atoms with van der Waals surface area (Å²) in [7, 11) is 0. The lowest BCUT2D eigenvalue weighted by Gasteiger charge is -1.94. The van der Waals surface area contributed by atoms with Crippen LogP contribution in [0.2, 0.25) is 0 Å². The molecule has 0 amide bonds. The first-order valence-corrected chi connectivity index (χ1v) is 5.91. The van der Waals surface area contributed by atoms with Crippen LogP contribution >= 0.6 is 35.0 Å². The summed E-state index contributed by atoms with van der Waals surface area (Å²) < 4.78 is 5.27. The topological polar surface area (TPSA) is 50.4 Å². The monoisotopic (exact) mass is 266 g/mol. The summed E-state index contributed by atoms with van der Waals surface area (Å²) in [5.41, 5.74) is 0. The first kappa shape index (κ1) is 12.5. The van der Waals surface area contributed by atoms with Gasteiger partial charge in [0.1, 0.15) is 10.3 Å². The number of aromatic carboxylic acids is 1. The largest absolute Gasteiger partial charge is 0.475 e. The molecule has 0 saturated carbocycles. The molecule has 0 aromatic carbocycles. The number of halogens is 2. The summed E-state index contributed by atoms with van der Waals surface area (Å²) in [5, 5.41) is 8.60. The predicted molar refractivity (Wildman–Crippen MR) is 61.6 cm³/mol. The molecule has 0 fully saturated rings. The van der Waals surface area contributed by atoms with Gasteiger partial charge in [0.25, 0.3) is 0 Å². The van der Waals surface area contributed by atoms with E-state index in [1.165, 1.54) is 17.8 Å². The molecule has 1 N–H and O–H groups in total. The summed E-state index contributed by atoms with van der Waals surface area (Å²) in [4.78, 5) is 10.5. The third-order valence-corrected chi connectivity index (χ3v) is 2.67. The van der Waals surface area contributed by atoms with Gasteiger partial charge in [0.05, 0.1) is 5.75 Å². The Bertz CT molecular complexity index is 369. The molecule has 0 aliphatic heterocycles. The number of rotatable bonds is 5. The molecule has 0 unspecified atom stereocenters. The van der Waals surface area contributed by atoms with Crippen molar-refractivity contribution < 1.29 is 14.3 Å². The third kappa shape index (κ3) is 4.64. The van der Waals surface area contributed by atoms with Crippen LogP contribution in [0.15, 0.2) is 27.1 Å². The molecular formula is C9H8Cl2O3S. The van der Waals surface area contributed by atoms with Crippen LogP contribution < -0.4 is 0 Å². The van der Waals surface area contributed by atoms with E-state index in [1.54, 1.807) is 12.1 Å². The average molecular weight is 267 g/mol. The van der Waals surface area contributed by atoms with Crippen molar-refractivity contribution in [1.82, 2.24) is 0 Å². The number of furan rings is 1. The van der Waals surface area contributed by atoms with Crippen molar-refractivity contribution >= 4 is 40.9 Å². The highest BCUT2D eigenvalue weighted by atomic mass is 35.5. The molecule has 1 heterocycles. The Hall–Kier alpha value is -0.580. The molecule has 1 aromatic rings. The van der Waals surface area contributed by atoms with E-state index in [4.69, 9.17) is 32.7 Å². The van der Waals surface area contributed by atoms with E-state index >= 15 is 0 Å². The highest BCUT2D eigenvalue weighted by Gasteiger charge is 2.08. The number of hydrogen-bond acceptors (Lipinski definition) is 3. The maximum absolute atomic E-state index is 10.5. The Balaban J connectivity index is 2.38. The van der Waals surface area contributed by atoms with Gasteiger partial charge in [0.2, 0.25) is 5.76 Å². The van der Waals surface area contributed by atoms with Crippen molar-refractivity contribution in [3.63, 3.8) is 0 Å². The van der Waals surface area contributed by atoms with Gasteiger partial charge >= 0.3 is 5.97 Å². The van der Waals surface area contributed by atoms with Crippen LogP contribution in [0.25, 0.3) is 0 Å². The summed E-state index contributed by atoms with van der Waals surface area (Å²) in [6, 6.07) is 3.07. The van der Waals surface area contributed by atoms with Gasteiger partial charge in [0.15, 0.2) is 0 Å². The van der Waals surface area contributed by atoms with Crippen molar-refractivity contribution in [1.29, 1.82) is 0 Å². The molecule has 0 spiro atoms. The lowest BCUT2D eigenvalue weighted by atomic mass is 10.4. The van der Waals surface area contributed by atoms with Gasteiger partial charge in [-0.3, -0.25) is 0 Å². The summed E-state index contributed by atoms with van der Waals surface area (Å²) in [5.74, 6) is 0.763. The Morgan fingerprint density at radius 3 is 2.80 bits per heavy atom. The maximum atomic E-state index is 10.5. The van der Waals surface area contributed by atoms with Gasteiger partial charge in [-0.25, -0.2) is 4.79 Å². The van der Waals surface area contributed by atoms with E-state index in [0.29, 0.717) is 17.3 Å². The van der Waals surface area contributed by atoms with Gasteiger partial charge in [-0.1, -0.05) is 23.2 Å². The zero-order valence-electron chi connectivity index (χ0n) is 7.57. The predicted octanol–water partition coefficient (Wildman–Crippen LogP) is 3.53. The molecule has 3 nitrogen and oxygen atoms in total. The fraction of sp³-hybridized carbons (Fsp3) is 0.222. The Labute approximate surface area is 101 Å². The second-order valence-electron chi connectivity index (χ2n) is 2.58. The number of carboxylic acid groups (broad SMARTS) is 1. The third-order valence-electron chi connectivity index (χ3n) is 1.47. The zero-order valence-corrected chi connectivity index (χ0v) is 9.90. The zero-order chi connectivity index (χ0) is 11.3. The van der Waals surface area contributed by atoms with Crippen LogP contribution in [0.1, 0.15) is 16.3 Å². The van der Waals surface area contributed by atoms with E-state index in [1.807, 2.05) is 0 Å². The van der Waals surface area contributed by atoms with Crippen molar-refractivity contribution in [2.24, 2.45) is 0 Å². The average Bonchev–Trinajstić information content (AvgIpc) is 2.60. The quantitative estimate of drug-likeness (QED) is 0.829. The molecule has 0 saturated heterocycles. The molecule has 0 bridgehead atoms. The fourth-order valence-electron chi connectivity index (χ4n) is 0.852. The Kier molecular flexibility index (Phi) is 5.08. The molecule has 0 aliphatic rings. The van der Waals surface area contributed by atoms with Gasteiger partial charge in [-0.2, -0.15) is 0 Å². The van der Waals surface area contributed by atoms with Crippen molar-refractivity contribution in [2.75, 3.05) is 5.75 Å². The van der Waals surface area contributed by atoms with Gasteiger partial charge < -0.3 is 9.52 Å². The first-order valence-electron chi connectivity index (χ1n) is 4.00. The lowest BCUT2D eigenvalue weighted by molar-refractivity contribution is 0.0661. The molecule has 0 atom stereocenters. The molecule has 0 aliphatic carbocycles. The minimum atomic E-state index is -1.06. The molecular weight excluding hydrogens is 259 g/mol. The molecule has 1 aromatic heterocycles. The van der Waals surface area contributed by atoms with Crippen molar-refractivity contribution in [2.45, 2.75) is 5.75 Å². The van der Waals surface area contributed by atoms with Crippen LogP contribution in [-0.4, -0.2) is 16.8 Å². The first-order chi connectivity index (χ1) is 7.09. The van der Waals surface area contributed by atoms with Crippen LogP contribution in [0.3, 0.4) is 0 Å². The summed E-state index contributed by atoms with van der Waals surface area (Å²) in [6.45, 7) is 0. The highest BCUT2D eigenvalue weighted by Crippen LogP contribution is 2.17. The number of hydrogen-bond donors (Lipinski definition) is 1. The van der Waals surface area contributed by atoms with Crippen LogP contribution in [0, 0.1) is 0 Å². The molecule has 15 heavy (non-hydrogen) atoms. The summed E-state index contributed by atoms with van der Waals surface area (Å²) >= 11 is 12.4. The van der Waals surface area contributed by atoms with Crippen molar-refractivity contribution in [3.05, 3.63) is 34.2 Å². The second kappa shape index (κ2) is 6.10. The normalized spacial score (nSPS) is 10.0. The van der Waals surface area contributed by atoms with E-state index < -0.39 is 5.97 Å². The van der Waals surface area contributed by atoms with Gasteiger partial charge in [-0.15, -0.1) is 11.8 Å². The minimum Gasteiger partial charge on any atom is -0.475 e. The Morgan fingerprint density at radius 2 is 2.27 bits per heavy atom. The van der Waals surface area contributed by atoms with Crippen LogP contribution in [0.5, 0.6) is 0 Å². The lowest BCUT2D eigenvalue weighted by Crippen LogP contribution is -1.91. The van der Waals surface area contributed by atoms with E-state index in [2.05, 4.69) is 0 Å². The van der Waals surface area contributed by atoms with E-state index in [9.17, 15) is 4.79 Å². The molecule has 0 radical (unpaired) electrons. The van der Waals surface area contributed by atoms with Crippen molar-refractivity contribution in [3.8, 4) is 0 Å². The molecule has 6 heteroatoms. The van der Waals surface area contributed by atoms with Crippen LogP contribution in [-0.2, 0) is 5.75 Å². The molecule has 1 rings (SSSR count). The van der Waals surface area contributed by atoms with Gasteiger partial charge in [-0.05, 0) is 18.2 Å². The highest BCUT2D eigenvalue weighted by molar-refractivity contribution is 7.98. The van der Waals surface area contributed by atoms with E-state index in [-0.39, 0.29) is 10.3 Å². The molecule has 82 valence electrons. The smallest absolute Gasteiger partial charge is 0.371 e. The minimum absolute atomic E-state index is 0.0449. The maximum Gasteiger partial charge on any atom is 0.371 e. The number of carboxylic acids is 1. The number of thioether (sulfide) groups is 1. The SMILES string of the molecule is O=C(O)c1ccc(CSCC=C(Cl)Cl)o1. The number of carbonyl (C=O) groups is 1. The standard InChI is InChI=1S/C9H8Cl2O3S/c10-8(11)3-4-15-5-6-1-2-7(14-6)9(12)13/h1-3H,4-5H2,(H,12,13).